The van der Waals surface area contributed by atoms with Crippen LogP contribution >= 0.6 is 11.3 Å². The molecule has 8 heteroatoms. The summed E-state index contributed by atoms with van der Waals surface area (Å²) in [5.74, 6) is -0.228. The van der Waals surface area contributed by atoms with Crippen molar-refractivity contribution in [3.05, 3.63) is 88.2 Å². The van der Waals surface area contributed by atoms with E-state index in [1.807, 2.05) is 68.4 Å². The Kier molecular flexibility index (Phi) is 7.53. The molecular weight excluding hydrogens is 458 g/mol. The third-order valence-electron chi connectivity index (χ3n) is 5.37. The number of hydrogen-bond donors (Lipinski definition) is 2. The van der Waals surface area contributed by atoms with E-state index in [0.29, 0.717) is 28.1 Å². The molecule has 0 unspecified atom stereocenters. The Hall–Kier alpha value is -3.62. The van der Waals surface area contributed by atoms with Gasteiger partial charge < -0.3 is 5.32 Å². The van der Waals surface area contributed by atoms with Crippen molar-refractivity contribution in [1.29, 1.82) is 0 Å². The van der Waals surface area contributed by atoms with Crippen LogP contribution in [0.1, 0.15) is 49.7 Å². The summed E-state index contributed by atoms with van der Waals surface area (Å²) in [7, 11) is 0. The van der Waals surface area contributed by atoms with Gasteiger partial charge in [0.2, 0.25) is 0 Å². The predicted molar refractivity (Wildman–Crippen MR) is 142 cm³/mol. The molecule has 0 saturated carbocycles. The molecule has 2 heterocycles. The number of nitrogens with one attached hydrogen (secondary N) is 2. The van der Waals surface area contributed by atoms with E-state index >= 15 is 0 Å². The zero-order valence-corrected chi connectivity index (χ0v) is 21.1. The fourth-order valence-electron chi connectivity index (χ4n) is 3.52. The van der Waals surface area contributed by atoms with Crippen LogP contribution < -0.4 is 16.2 Å². The first-order valence-corrected chi connectivity index (χ1v) is 12.4. The molecule has 2 aromatic heterocycles. The van der Waals surface area contributed by atoms with Gasteiger partial charge in [-0.3, -0.25) is 14.9 Å². The minimum atomic E-state index is -0.228. The van der Waals surface area contributed by atoms with E-state index in [2.05, 4.69) is 29.6 Å². The van der Waals surface area contributed by atoms with Gasteiger partial charge in [-0.1, -0.05) is 67.6 Å². The maximum atomic E-state index is 13.0. The van der Waals surface area contributed by atoms with E-state index in [9.17, 15) is 9.59 Å². The second-order valence-electron chi connectivity index (χ2n) is 8.84. The summed E-state index contributed by atoms with van der Waals surface area (Å²) in [5, 5.41) is 11.3. The summed E-state index contributed by atoms with van der Waals surface area (Å²) in [6.07, 6.45) is 0. The Labute approximate surface area is 208 Å². The lowest BCUT2D eigenvalue weighted by Crippen LogP contribution is -2.23. The van der Waals surface area contributed by atoms with E-state index in [4.69, 9.17) is 4.98 Å². The Bertz CT molecular complexity index is 1360. The summed E-state index contributed by atoms with van der Waals surface area (Å²) in [6.45, 7) is 8.78. The maximum absolute atomic E-state index is 13.0. The highest BCUT2D eigenvalue weighted by molar-refractivity contribution is 7.19. The highest BCUT2D eigenvalue weighted by atomic mass is 32.1. The van der Waals surface area contributed by atoms with Crippen LogP contribution in [0.15, 0.2) is 71.5 Å². The molecule has 0 aliphatic carbocycles. The van der Waals surface area contributed by atoms with Crippen LogP contribution in [0, 0.1) is 0 Å². The average Bonchev–Trinajstić information content (AvgIpc) is 3.27. The van der Waals surface area contributed by atoms with Crippen LogP contribution in [-0.2, 0) is 6.54 Å². The van der Waals surface area contributed by atoms with Crippen molar-refractivity contribution in [3.63, 3.8) is 0 Å². The van der Waals surface area contributed by atoms with Crippen molar-refractivity contribution in [1.82, 2.24) is 20.1 Å². The molecule has 1 amide bonds. The third-order valence-corrected chi connectivity index (χ3v) is 6.37. The number of carbonyl (C=O) groups excluding carboxylic acids is 1. The number of anilines is 1. The quantitative estimate of drug-likeness (QED) is 0.349. The number of rotatable bonds is 8. The van der Waals surface area contributed by atoms with Gasteiger partial charge in [0.15, 0.2) is 5.13 Å². The molecule has 0 atom stereocenters. The minimum absolute atomic E-state index is 0.0755. The van der Waals surface area contributed by atoms with Gasteiger partial charge in [-0.15, -0.1) is 0 Å². The van der Waals surface area contributed by atoms with Crippen LogP contribution in [-0.4, -0.2) is 26.7 Å². The molecule has 4 rings (SSSR count). The minimum Gasteiger partial charge on any atom is -0.310 e. The van der Waals surface area contributed by atoms with Crippen molar-refractivity contribution >= 4 is 22.4 Å². The summed E-state index contributed by atoms with van der Waals surface area (Å²) in [4.78, 5) is 30.7. The van der Waals surface area contributed by atoms with E-state index in [1.54, 1.807) is 6.07 Å². The zero-order chi connectivity index (χ0) is 24.9. The number of nitrogens with zero attached hydrogens (tertiary/aromatic N) is 3. The fraction of sp³-hybridized carbons (Fsp3) is 0.259. The first-order chi connectivity index (χ1) is 16.8. The molecule has 0 fully saturated rings. The largest absolute Gasteiger partial charge is 0.310 e. The normalized spacial score (nSPS) is 11.3. The summed E-state index contributed by atoms with van der Waals surface area (Å²) in [5.41, 5.74) is 3.77. The fourth-order valence-corrected chi connectivity index (χ4v) is 4.47. The molecule has 7 nitrogen and oxygen atoms in total. The molecule has 0 bridgehead atoms. The van der Waals surface area contributed by atoms with E-state index in [1.165, 1.54) is 22.1 Å². The second-order valence-corrected chi connectivity index (χ2v) is 9.84. The molecule has 0 aliphatic heterocycles. The smallest absolute Gasteiger partial charge is 0.267 e. The number of benzene rings is 2. The van der Waals surface area contributed by atoms with Crippen molar-refractivity contribution in [2.75, 3.05) is 5.32 Å². The van der Waals surface area contributed by atoms with Gasteiger partial charge in [-0.25, -0.2) is 9.67 Å². The number of amides is 1. The molecule has 0 aliphatic rings. The summed E-state index contributed by atoms with van der Waals surface area (Å²) in [6, 6.07) is 20.8. The lowest BCUT2D eigenvalue weighted by atomic mass is 10.1. The standard InChI is InChI=1S/C27H29N5O2S/c1-17(2)28-16-19-10-12-21(13-11-19)26(34)30-27-29-24(20-8-6-5-7-9-20)25(35-27)22-14-15-23(33)32(31-22)18(3)4/h5-15,17-18,28H,16H2,1-4H3,(H,29,30,34). The van der Waals surface area contributed by atoms with Crippen molar-refractivity contribution in [2.24, 2.45) is 0 Å². The Balaban J connectivity index is 1.64. The number of aromatic nitrogens is 3. The van der Waals surface area contributed by atoms with E-state index in [0.717, 1.165) is 22.5 Å². The molecule has 2 N–H and O–H groups in total. The summed E-state index contributed by atoms with van der Waals surface area (Å²) >= 11 is 1.34. The molecule has 180 valence electrons. The van der Waals surface area contributed by atoms with Crippen molar-refractivity contribution in [2.45, 2.75) is 46.3 Å². The molecule has 35 heavy (non-hydrogen) atoms. The van der Waals surface area contributed by atoms with Crippen molar-refractivity contribution in [3.8, 4) is 21.8 Å². The van der Waals surface area contributed by atoms with Gasteiger partial charge >= 0.3 is 0 Å². The first kappa shape index (κ1) is 24.5. The zero-order valence-electron chi connectivity index (χ0n) is 20.3. The molecule has 0 radical (unpaired) electrons. The van der Waals surface area contributed by atoms with Crippen LogP contribution in [0.5, 0.6) is 0 Å². The lowest BCUT2D eigenvalue weighted by molar-refractivity contribution is 0.102. The summed E-state index contributed by atoms with van der Waals surface area (Å²) < 4.78 is 1.46. The lowest BCUT2D eigenvalue weighted by Gasteiger charge is -2.09. The van der Waals surface area contributed by atoms with Gasteiger partial charge in [-0.05, 0) is 37.6 Å². The van der Waals surface area contributed by atoms with Crippen molar-refractivity contribution < 1.29 is 4.79 Å². The number of thiazole rings is 1. The van der Waals surface area contributed by atoms with Crippen LogP contribution in [0.4, 0.5) is 5.13 Å². The topological polar surface area (TPSA) is 88.9 Å². The van der Waals surface area contributed by atoms with Gasteiger partial charge in [0.05, 0.1) is 16.6 Å². The predicted octanol–water partition coefficient (Wildman–Crippen LogP) is 5.37. The average molecular weight is 488 g/mol. The van der Waals surface area contributed by atoms with Crippen LogP contribution in [0.25, 0.3) is 21.8 Å². The van der Waals surface area contributed by atoms with E-state index in [-0.39, 0.29) is 17.5 Å². The highest BCUT2D eigenvalue weighted by Crippen LogP contribution is 2.38. The highest BCUT2D eigenvalue weighted by Gasteiger charge is 2.19. The van der Waals surface area contributed by atoms with Gasteiger partial charge in [0.25, 0.3) is 11.5 Å². The van der Waals surface area contributed by atoms with Gasteiger partial charge in [0, 0.05) is 29.8 Å². The van der Waals surface area contributed by atoms with E-state index < -0.39 is 0 Å². The molecule has 0 spiro atoms. The number of hydrogen-bond acceptors (Lipinski definition) is 6. The molecule has 0 saturated heterocycles. The Morgan fingerprint density at radius 2 is 1.69 bits per heavy atom. The first-order valence-electron chi connectivity index (χ1n) is 11.6. The number of carbonyl (C=O) groups is 1. The maximum Gasteiger partial charge on any atom is 0.267 e. The van der Waals surface area contributed by atoms with Gasteiger partial charge in [0.1, 0.15) is 5.69 Å². The van der Waals surface area contributed by atoms with Gasteiger partial charge in [-0.2, -0.15) is 5.10 Å². The second kappa shape index (κ2) is 10.8. The third kappa shape index (κ3) is 5.90. The molecular formula is C27H29N5O2S. The monoisotopic (exact) mass is 487 g/mol. The molecule has 2 aromatic carbocycles. The van der Waals surface area contributed by atoms with Crippen LogP contribution in [0.2, 0.25) is 0 Å². The Morgan fingerprint density at radius 1 is 0.971 bits per heavy atom. The Morgan fingerprint density at radius 3 is 2.34 bits per heavy atom. The van der Waals surface area contributed by atoms with Crippen LogP contribution in [0.3, 0.4) is 0 Å². The molecule has 4 aromatic rings. The SMILES string of the molecule is CC(C)NCc1ccc(C(=O)Nc2nc(-c3ccccc3)c(-c3ccc(=O)n(C(C)C)n3)s2)cc1.